The highest BCUT2D eigenvalue weighted by Crippen LogP contribution is 2.27. The summed E-state index contributed by atoms with van der Waals surface area (Å²) >= 11 is 12.1. The van der Waals surface area contributed by atoms with Crippen molar-refractivity contribution in [2.24, 2.45) is 0 Å². The normalized spacial score (nSPS) is 11.9. The standard InChI is InChI=1S/C14H19Cl2N/c1-3-8-17-10-11(4-2)9-12-6-5-7-13(15)14(12)16/h5-7,9,17H,3-4,8,10H2,1-2H3. The van der Waals surface area contributed by atoms with E-state index in [9.17, 15) is 0 Å². The molecule has 0 atom stereocenters. The molecule has 1 rings (SSSR count). The Morgan fingerprint density at radius 2 is 2.06 bits per heavy atom. The summed E-state index contributed by atoms with van der Waals surface area (Å²) in [5.41, 5.74) is 2.33. The van der Waals surface area contributed by atoms with Gasteiger partial charge in [0.1, 0.15) is 0 Å². The number of hydrogen-bond acceptors (Lipinski definition) is 1. The molecule has 0 saturated carbocycles. The Labute approximate surface area is 114 Å². The van der Waals surface area contributed by atoms with E-state index in [0.29, 0.717) is 10.0 Å². The van der Waals surface area contributed by atoms with Gasteiger partial charge in [0.2, 0.25) is 0 Å². The summed E-state index contributed by atoms with van der Waals surface area (Å²) in [6, 6.07) is 5.72. The number of benzene rings is 1. The van der Waals surface area contributed by atoms with Crippen LogP contribution in [0, 0.1) is 0 Å². The second-order valence-corrected chi connectivity index (χ2v) is 4.76. The van der Waals surface area contributed by atoms with Crippen molar-refractivity contribution < 1.29 is 0 Å². The van der Waals surface area contributed by atoms with Crippen molar-refractivity contribution in [1.29, 1.82) is 0 Å². The minimum atomic E-state index is 0.609. The van der Waals surface area contributed by atoms with Gasteiger partial charge in [-0.2, -0.15) is 0 Å². The number of nitrogens with one attached hydrogen (secondary N) is 1. The first-order chi connectivity index (χ1) is 8.19. The monoisotopic (exact) mass is 271 g/mol. The van der Waals surface area contributed by atoms with Gasteiger partial charge < -0.3 is 5.32 Å². The molecule has 94 valence electrons. The Balaban J connectivity index is 2.79. The topological polar surface area (TPSA) is 12.0 Å². The zero-order chi connectivity index (χ0) is 12.7. The van der Waals surface area contributed by atoms with Gasteiger partial charge in [-0.15, -0.1) is 0 Å². The van der Waals surface area contributed by atoms with E-state index in [1.165, 1.54) is 5.57 Å². The van der Waals surface area contributed by atoms with Gasteiger partial charge in [-0.05, 0) is 31.0 Å². The minimum Gasteiger partial charge on any atom is -0.313 e. The molecule has 3 heteroatoms. The third kappa shape index (κ3) is 4.71. The molecular weight excluding hydrogens is 253 g/mol. The van der Waals surface area contributed by atoms with Crippen LogP contribution in [-0.2, 0) is 0 Å². The number of rotatable bonds is 6. The molecule has 1 N–H and O–H groups in total. The molecule has 0 aromatic heterocycles. The Hall–Kier alpha value is -0.500. The van der Waals surface area contributed by atoms with Crippen molar-refractivity contribution in [3.8, 4) is 0 Å². The maximum Gasteiger partial charge on any atom is 0.0664 e. The maximum absolute atomic E-state index is 6.16. The average molecular weight is 272 g/mol. The molecule has 17 heavy (non-hydrogen) atoms. The molecule has 1 aromatic rings. The van der Waals surface area contributed by atoms with E-state index >= 15 is 0 Å². The Bertz CT molecular complexity index is 386. The molecule has 1 nitrogen and oxygen atoms in total. The van der Waals surface area contributed by atoms with Gasteiger partial charge in [-0.25, -0.2) is 0 Å². The van der Waals surface area contributed by atoms with Gasteiger partial charge >= 0.3 is 0 Å². The molecule has 0 amide bonds. The lowest BCUT2D eigenvalue weighted by Gasteiger charge is -2.08. The number of hydrogen-bond donors (Lipinski definition) is 1. The van der Waals surface area contributed by atoms with Crippen molar-refractivity contribution in [3.05, 3.63) is 39.4 Å². The summed E-state index contributed by atoms with van der Waals surface area (Å²) < 4.78 is 0. The van der Waals surface area contributed by atoms with Crippen LogP contribution in [0.2, 0.25) is 10.0 Å². The lowest BCUT2D eigenvalue weighted by molar-refractivity contribution is 0.706. The van der Waals surface area contributed by atoms with E-state index in [0.717, 1.165) is 31.5 Å². The van der Waals surface area contributed by atoms with Gasteiger partial charge in [0.15, 0.2) is 0 Å². The lowest BCUT2D eigenvalue weighted by Crippen LogP contribution is -2.17. The summed E-state index contributed by atoms with van der Waals surface area (Å²) in [7, 11) is 0. The quantitative estimate of drug-likeness (QED) is 0.734. The third-order valence-electron chi connectivity index (χ3n) is 2.57. The van der Waals surface area contributed by atoms with Crippen LogP contribution in [-0.4, -0.2) is 13.1 Å². The number of halogens is 2. The Morgan fingerprint density at radius 3 is 2.71 bits per heavy atom. The van der Waals surface area contributed by atoms with E-state index < -0.39 is 0 Å². The van der Waals surface area contributed by atoms with Crippen LogP contribution in [0.3, 0.4) is 0 Å². The zero-order valence-corrected chi connectivity index (χ0v) is 11.9. The fourth-order valence-electron chi connectivity index (χ4n) is 1.56. The van der Waals surface area contributed by atoms with Crippen LogP contribution in [0.1, 0.15) is 32.3 Å². The summed E-state index contributed by atoms with van der Waals surface area (Å²) in [5.74, 6) is 0. The van der Waals surface area contributed by atoms with Crippen molar-refractivity contribution in [1.82, 2.24) is 5.32 Å². The highest BCUT2D eigenvalue weighted by atomic mass is 35.5. The van der Waals surface area contributed by atoms with E-state index in [1.54, 1.807) is 0 Å². The first-order valence-electron chi connectivity index (χ1n) is 6.03. The molecular formula is C14H19Cl2N. The molecule has 0 heterocycles. The summed E-state index contributed by atoms with van der Waals surface area (Å²) in [6.45, 7) is 6.27. The molecule has 0 fully saturated rings. The van der Waals surface area contributed by atoms with Crippen molar-refractivity contribution >= 4 is 29.3 Å². The summed E-state index contributed by atoms with van der Waals surface area (Å²) in [6.07, 6.45) is 4.28. The molecule has 0 radical (unpaired) electrons. The van der Waals surface area contributed by atoms with Crippen molar-refractivity contribution in [2.45, 2.75) is 26.7 Å². The minimum absolute atomic E-state index is 0.609. The highest BCUT2D eigenvalue weighted by molar-refractivity contribution is 6.42. The van der Waals surface area contributed by atoms with Crippen molar-refractivity contribution in [2.75, 3.05) is 13.1 Å². The SMILES string of the molecule is CCCNCC(=Cc1cccc(Cl)c1Cl)CC. The fraction of sp³-hybridized carbons (Fsp3) is 0.429. The predicted molar refractivity (Wildman–Crippen MR) is 77.9 cm³/mol. The lowest BCUT2D eigenvalue weighted by atomic mass is 10.1. The molecule has 0 aliphatic carbocycles. The first-order valence-corrected chi connectivity index (χ1v) is 6.78. The van der Waals surface area contributed by atoms with E-state index in [1.807, 2.05) is 18.2 Å². The van der Waals surface area contributed by atoms with Crippen molar-refractivity contribution in [3.63, 3.8) is 0 Å². The highest BCUT2D eigenvalue weighted by Gasteiger charge is 2.03. The van der Waals surface area contributed by atoms with Gasteiger partial charge in [0, 0.05) is 6.54 Å². The third-order valence-corrected chi connectivity index (χ3v) is 3.41. The van der Waals surface area contributed by atoms with Gasteiger partial charge in [0.05, 0.1) is 10.0 Å². The Kier molecular flexibility index (Phi) is 6.64. The van der Waals surface area contributed by atoms with E-state index in [2.05, 4.69) is 25.2 Å². The smallest absolute Gasteiger partial charge is 0.0664 e. The van der Waals surface area contributed by atoms with E-state index in [-0.39, 0.29) is 0 Å². The Morgan fingerprint density at radius 1 is 1.29 bits per heavy atom. The van der Waals surface area contributed by atoms with Gasteiger partial charge in [-0.1, -0.05) is 60.8 Å². The summed E-state index contributed by atoms with van der Waals surface area (Å²) in [5, 5.41) is 4.64. The average Bonchev–Trinajstić information content (AvgIpc) is 2.33. The van der Waals surface area contributed by atoms with E-state index in [4.69, 9.17) is 23.2 Å². The summed E-state index contributed by atoms with van der Waals surface area (Å²) in [4.78, 5) is 0. The second-order valence-electron chi connectivity index (χ2n) is 3.98. The second kappa shape index (κ2) is 7.75. The molecule has 0 unspecified atom stereocenters. The molecule has 0 saturated heterocycles. The zero-order valence-electron chi connectivity index (χ0n) is 10.4. The molecule has 0 aliphatic rings. The fourth-order valence-corrected chi connectivity index (χ4v) is 1.92. The van der Waals surface area contributed by atoms with Gasteiger partial charge in [-0.3, -0.25) is 0 Å². The van der Waals surface area contributed by atoms with Crippen LogP contribution in [0.25, 0.3) is 6.08 Å². The van der Waals surface area contributed by atoms with Crippen LogP contribution in [0.4, 0.5) is 0 Å². The molecule has 0 spiro atoms. The first kappa shape index (κ1) is 14.6. The maximum atomic E-state index is 6.16. The molecule has 1 aromatic carbocycles. The van der Waals surface area contributed by atoms with Crippen LogP contribution >= 0.6 is 23.2 Å². The van der Waals surface area contributed by atoms with Gasteiger partial charge in [0.25, 0.3) is 0 Å². The van der Waals surface area contributed by atoms with Crippen LogP contribution in [0.15, 0.2) is 23.8 Å². The van der Waals surface area contributed by atoms with Crippen LogP contribution in [0.5, 0.6) is 0 Å². The molecule has 0 bridgehead atoms. The van der Waals surface area contributed by atoms with Crippen LogP contribution < -0.4 is 5.32 Å². The predicted octanol–water partition coefficient (Wildman–Crippen LogP) is 4.79. The molecule has 0 aliphatic heterocycles. The largest absolute Gasteiger partial charge is 0.313 e.